The molecule has 1 aliphatic heterocycles. The number of amides is 1. The first-order chi connectivity index (χ1) is 14.6. The third-order valence-electron chi connectivity index (χ3n) is 5.53. The van der Waals surface area contributed by atoms with Gasteiger partial charge in [-0.05, 0) is 44.7 Å². The molecule has 3 rings (SSSR count). The summed E-state index contributed by atoms with van der Waals surface area (Å²) in [4.78, 5) is 16.7. The van der Waals surface area contributed by atoms with E-state index in [0.29, 0.717) is 38.5 Å². The number of nitrogens with one attached hydrogen (secondary N) is 1. The zero-order valence-corrected chi connectivity index (χ0v) is 18.0. The minimum Gasteiger partial charge on any atom is -0.378 e. The summed E-state index contributed by atoms with van der Waals surface area (Å²) in [6.07, 6.45) is -4.49. The molecule has 1 fully saturated rings. The van der Waals surface area contributed by atoms with Crippen molar-refractivity contribution in [3.63, 3.8) is 0 Å². The lowest BCUT2D eigenvalue weighted by Crippen LogP contribution is -2.40. The second-order valence-corrected chi connectivity index (χ2v) is 7.90. The van der Waals surface area contributed by atoms with E-state index in [4.69, 9.17) is 4.74 Å². The van der Waals surface area contributed by atoms with Gasteiger partial charge in [0, 0.05) is 19.6 Å². The standard InChI is InChI=1S/C23H28F3N3O2/c1-16-4-6-18(7-5-16)15-28(3)17(2)22(30)27-20-14-19(23(24,25)26)8-9-21(20)29-10-12-31-13-11-29/h4-9,14,17H,10-13,15H2,1-3H3,(H,27,30)/t17-/m1/s1. The molecule has 31 heavy (non-hydrogen) atoms. The number of nitrogens with zero attached hydrogens (tertiary/aromatic N) is 2. The minimum absolute atomic E-state index is 0.164. The summed E-state index contributed by atoms with van der Waals surface area (Å²) in [5.41, 5.74) is 2.15. The van der Waals surface area contributed by atoms with Crippen LogP contribution in [0.15, 0.2) is 42.5 Å². The number of morpholine rings is 1. The predicted octanol–water partition coefficient (Wildman–Crippen LogP) is 4.31. The number of aryl methyl sites for hydroxylation is 1. The van der Waals surface area contributed by atoms with E-state index in [-0.39, 0.29) is 11.6 Å². The Bertz CT molecular complexity index is 894. The molecule has 0 unspecified atom stereocenters. The Hall–Kier alpha value is -2.58. The number of benzene rings is 2. The van der Waals surface area contributed by atoms with E-state index in [0.717, 1.165) is 23.3 Å². The van der Waals surface area contributed by atoms with E-state index in [1.165, 1.54) is 6.07 Å². The Labute approximate surface area is 180 Å². The fourth-order valence-electron chi connectivity index (χ4n) is 3.45. The molecule has 0 bridgehead atoms. The Morgan fingerprint density at radius 1 is 1.16 bits per heavy atom. The fourth-order valence-corrected chi connectivity index (χ4v) is 3.45. The Morgan fingerprint density at radius 2 is 1.81 bits per heavy atom. The van der Waals surface area contributed by atoms with Gasteiger partial charge in [-0.3, -0.25) is 9.69 Å². The molecule has 2 aromatic carbocycles. The van der Waals surface area contributed by atoms with Crippen LogP contribution in [0.4, 0.5) is 24.5 Å². The van der Waals surface area contributed by atoms with E-state index in [2.05, 4.69) is 5.32 Å². The lowest BCUT2D eigenvalue weighted by atomic mass is 10.1. The molecule has 0 aliphatic carbocycles. The van der Waals surface area contributed by atoms with Crippen LogP contribution in [0.2, 0.25) is 0 Å². The summed E-state index contributed by atoms with van der Waals surface area (Å²) in [5.74, 6) is -0.358. The monoisotopic (exact) mass is 435 g/mol. The van der Waals surface area contributed by atoms with Crippen molar-refractivity contribution in [3.8, 4) is 0 Å². The van der Waals surface area contributed by atoms with Crippen LogP contribution < -0.4 is 10.2 Å². The molecule has 1 saturated heterocycles. The molecule has 1 heterocycles. The summed E-state index contributed by atoms with van der Waals surface area (Å²) in [6, 6.07) is 11.0. The summed E-state index contributed by atoms with van der Waals surface area (Å²) in [5, 5.41) is 2.73. The van der Waals surface area contributed by atoms with E-state index in [1.807, 2.05) is 48.0 Å². The van der Waals surface area contributed by atoms with Gasteiger partial charge in [-0.15, -0.1) is 0 Å². The molecule has 5 nitrogen and oxygen atoms in total. The average molecular weight is 435 g/mol. The Balaban J connectivity index is 1.78. The van der Waals surface area contributed by atoms with Crippen molar-refractivity contribution in [2.75, 3.05) is 43.6 Å². The SMILES string of the molecule is Cc1ccc(CN(C)[C@H](C)C(=O)Nc2cc(C(F)(F)F)ccc2N2CCOCC2)cc1. The van der Waals surface area contributed by atoms with Crippen LogP contribution in [-0.4, -0.2) is 50.2 Å². The van der Waals surface area contributed by atoms with Gasteiger partial charge < -0.3 is 15.0 Å². The predicted molar refractivity (Wildman–Crippen MR) is 115 cm³/mol. The van der Waals surface area contributed by atoms with Gasteiger partial charge in [0.2, 0.25) is 5.91 Å². The van der Waals surface area contributed by atoms with Crippen LogP contribution >= 0.6 is 0 Å². The quantitative estimate of drug-likeness (QED) is 0.735. The van der Waals surface area contributed by atoms with Gasteiger partial charge in [0.25, 0.3) is 0 Å². The van der Waals surface area contributed by atoms with Gasteiger partial charge in [0.05, 0.1) is 36.2 Å². The molecular weight excluding hydrogens is 407 g/mol. The normalized spacial score (nSPS) is 15.8. The van der Waals surface area contributed by atoms with Crippen molar-refractivity contribution in [1.29, 1.82) is 0 Å². The molecule has 1 aliphatic rings. The van der Waals surface area contributed by atoms with Gasteiger partial charge in [0.15, 0.2) is 0 Å². The first-order valence-electron chi connectivity index (χ1n) is 10.3. The molecule has 2 aromatic rings. The second kappa shape index (κ2) is 9.70. The van der Waals surface area contributed by atoms with Crippen molar-refractivity contribution in [3.05, 3.63) is 59.2 Å². The van der Waals surface area contributed by atoms with E-state index >= 15 is 0 Å². The maximum atomic E-state index is 13.3. The largest absolute Gasteiger partial charge is 0.416 e. The first kappa shape index (κ1) is 23.1. The zero-order valence-electron chi connectivity index (χ0n) is 18.0. The number of ether oxygens (including phenoxy) is 1. The van der Waals surface area contributed by atoms with Gasteiger partial charge in [-0.1, -0.05) is 29.8 Å². The van der Waals surface area contributed by atoms with Crippen LogP contribution in [0, 0.1) is 6.92 Å². The van der Waals surface area contributed by atoms with Gasteiger partial charge in [-0.25, -0.2) is 0 Å². The maximum absolute atomic E-state index is 13.3. The Morgan fingerprint density at radius 3 is 2.42 bits per heavy atom. The van der Waals surface area contributed by atoms with E-state index < -0.39 is 17.8 Å². The average Bonchev–Trinajstić information content (AvgIpc) is 2.74. The molecular formula is C23H28F3N3O2. The molecule has 0 radical (unpaired) electrons. The minimum atomic E-state index is -4.49. The topological polar surface area (TPSA) is 44.8 Å². The third kappa shape index (κ3) is 5.98. The molecule has 1 amide bonds. The second-order valence-electron chi connectivity index (χ2n) is 7.90. The van der Waals surface area contributed by atoms with Crippen LogP contribution in [0.1, 0.15) is 23.6 Å². The van der Waals surface area contributed by atoms with Crippen LogP contribution in [0.5, 0.6) is 0 Å². The molecule has 0 aromatic heterocycles. The van der Waals surface area contributed by atoms with Crippen LogP contribution in [0.3, 0.4) is 0 Å². The van der Waals surface area contributed by atoms with Crippen molar-refractivity contribution >= 4 is 17.3 Å². The van der Waals surface area contributed by atoms with Crippen molar-refractivity contribution in [2.45, 2.75) is 32.6 Å². The number of carbonyl (C=O) groups excluding carboxylic acids is 1. The number of hydrogen-bond donors (Lipinski definition) is 1. The number of alkyl halides is 3. The van der Waals surface area contributed by atoms with Crippen molar-refractivity contribution < 1.29 is 22.7 Å². The summed E-state index contributed by atoms with van der Waals surface area (Å²) in [6.45, 7) is 6.38. The molecule has 0 saturated carbocycles. The maximum Gasteiger partial charge on any atom is 0.416 e. The number of hydrogen-bond acceptors (Lipinski definition) is 4. The molecule has 168 valence electrons. The summed E-state index contributed by atoms with van der Waals surface area (Å²) < 4.78 is 45.2. The zero-order chi connectivity index (χ0) is 22.6. The third-order valence-corrected chi connectivity index (χ3v) is 5.53. The van der Waals surface area contributed by atoms with E-state index in [9.17, 15) is 18.0 Å². The highest BCUT2D eigenvalue weighted by Crippen LogP contribution is 2.36. The molecule has 1 atom stereocenters. The van der Waals surface area contributed by atoms with Crippen molar-refractivity contribution in [2.24, 2.45) is 0 Å². The summed E-state index contributed by atoms with van der Waals surface area (Å²) in [7, 11) is 1.82. The lowest BCUT2D eigenvalue weighted by molar-refractivity contribution is -0.137. The highest BCUT2D eigenvalue weighted by molar-refractivity contribution is 5.97. The number of anilines is 2. The number of rotatable bonds is 6. The van der Waals surface area contributed by atoms with Crippen LogP contribution in [0.25, 0.3) is 0 Å². The van der Waals surface area contributed by atoms with Gasteiger partial charge in [0.1, 0.15) is 0 Å². The smallest absolute Gasteiger partial charge is 0.378 e. The van der Waals surface area contributed by atoms with Crippen molar-refractivity contribution in [1.82, 2.24) is 4.90 Å². The number of halogens is 3. The lowest BCUT2D eigenvalue weighted by Gasteiger charge is -2.31. The number of carbonyl (C=O) groups is 1. The summed E-state index contributed by atoms with van der Waals surface area (Å²) >= 11 is 0. The van der Waals surface area contributed by atoms with Crippen LogP contribution in [-0.2, 0) is 22.3 Å². The first-order valence-corrected chi connectivity index (χ1v) is 10.3. The highest BCUT2D eigenvalue weighted by Gasteiger charge is 2.32. The van der Waals surface area contributed by atoms with E-state index in [1.54, 1.807) is 6.92 Å². The van der Waals surface area contributed by atoms with Gasteiger partial charge in [-0.2, -0.15) is 13.2 Å². The highest BCUT2D eigenvalue weighted by atomic mass is 19.4. The fraction of sp³-hybridized carbons (Fsp3) is 0.435. The molecule has 0 spiro atoms. The molecule has 8 heteroatoms. The molecule has 1 N–H and O–H groups in total. The number of likely N-dealkylation sites (N-methyl/N-ethyl adjacent to an activating group) is 1. The van der Waals surface area contributed by atoms with Gasteiger partial charge >= 0.3 is 6.18 Å². The Kier molecular flexibility index (Phi) is 7.23.